The Labute approximate surface area is 120 Å². The van der Waals surface area contributed by atoms with Crippen molar-refractivity contribution in [3.05, 3.63) is 30.2 Å². The van der Waals surface area contributed by atoms with Crippen molar-refractivity contribution in [2.45, 2.75) is 26.3 Å². The first-order valence-electron chi connectivity index (χ1n) is 6.51. The van der Waals surface area contributed by atoms with Crippen molar-refractivity contribution in [2.24, 2.45) is 5.92 Å². The first-order chi connectivity index (χ1) is 9.97. The Kier molecular flexibility index (Phi) is 4.42. The largest absolute Gasteiger partial charge is 0.480 e. The summed E-state index contributed by atoms with van der Waals surface area (Å²) in [4.78, 5) is 23.1. The SMILES string of the molecule is CC(C)C[C@H](NC(=O)c1cc(-c2ccco2)on1)C(=O)O. The molecule has 0 saturated heterocycles. The van der Waals surface area contributed by atoms with Gasteiger partial charge in [-0.3, -0.25) is 4.79 Å². The summed E-state index contributed by atoms with van der Waals surface area (Å²) >= 11 is 0. The summed E-state index contributed by atoms with van der Waals surface area (Å²) in [5.41, 5.74) is 0.0106. The van der Waals surface area contributed by atoms with E-state index < -0.39 is 17.9 Å². The minimum atomic E-state index is -1.08. The number of nitrogens with zero attached hydrogens (tertiary/aromatic N) is 1. The number of aliphatic carboxylic acids is 1. The van der Waals surface area contributed by atoms with E-state index in [9.17, 15) is 9.59 Å². The number of nitrogens with one attached hydrogen (secondary N) is 1. The Hall–Kier alpha value is -2.57. The lowest BCUT2D eigenvalue weighted by Gasteiger charge is -2.15. The fourth-order valence-electron chi connectivity index (χ4n) is 1.84. The summed E-state index contributed by atoms with van der Waals surface area (Å²) in [6.45, 7) is 3.76. The highest BCUT2D eigenvalue weighted by Crippen LogP contribution is 2.20. The molecular weight excluding hydrogens is 276 g/mol. The van der Waals surface area contributed by atoms with Gasteiger partial charge in [0, 0.05) is 6.07 Å². The van der Waals surface area contributed by atoms with Crippen LogP contribution in [0.4, 0.5) is 0 Å². The van der Waals surface area contributed by atoms with Crippen molar-refractivity contribution in [1.82, 2.24) is 10.5 Å². The summed E-state index contributed by atoms with van der Waals surface area (Å²) in [6, 6.07) is 3.80. The zero-order valence-corrected chi connectivity index (χ0v) is 11.7. The third kappa shape index (κ3) is 3.71. The molecule has 0 aliphatic rings. The first-order valence-corrected chi connectivity index (χ1v) is 6.51. The van der Waals surface area contributed by atoms with Crippen molar-refractivity contribution >= 4 is 11.9 Å². The van der Waals surface area contributed by atoms with Crippen molar-refractivity contribution in [1.29, 1.82) is 0 Å². The topological polar surface area (TPSA) is 106 Å². The maximum atomic E-state index is 12.0. The molecule has 0 unspecified atom stereocenters. The average Bonchev–Trinajstić information content (AvgIpc) is 3.08. The number of rotatable bonds is 6. The van der Waals surface area contributed by atoms with E-state index in [4.69, 9.17) is 14.0 Å². The Balaban J connectivity index is 2.07. The van der Waals surface area contributed by atoms with Gasteiger partial charge < -0.3 is 19.4 Å². The van der Waals surface area contributed by atoms with Crippen molar-refractivity contribution in [3.63, 3.8) is 0 Å². The number of amides is 1. The van der Waals surface area contributed by atoms with Crippen LogP contribution in [0, 0.1) is 5.92 Å². The van der Waals surface area contributed by atoms with E-state index in [0.717, 1.165) is 0 Å². The predicted molar refractivity (Wildman–Crippen MR) is 72.6 cm³/mol. The second-order valence-corrected chi connectivity index (χ2v) is 5.05. The highest BCUT2D eigenvalue weighted by Gasteiger charge is 2.23. The smallest absolute Gasteiger partial charge is 0.326 e. The molecule has 0 fully saturated rings. The molecule has 2 rings (SSSR count). The molecule has 1 amide bonds. The molecule has 0 spiro atoms. The number of carboxylic acid groups (broad SMARTS) is 1. The molecule has 0 aromatic carbocycles. The molecule has 0 aliphatic heterocycles. The number of carbonyl (C=O) groups excluding carboxylic acids is 1. The monoisotopic (exact) mass is 292 g/mol. The second kappa shape index (κ2) is 6.25. The molecule has 2 heterocycles. The van der Waals surface area contributed by atoms with Crippen LogP contribution in [0.1, 0.15) is 30.8 Å². The molecule has 2 N–H and O–H groups in total. The zero-order chi connectivity index (χ0) is 15.4. The molecule has 2 aromatic heterocycles. The number of furan rings is 1. The number of hydrogen-bond acceptors (Lipinski definition) is 5. The lowest BCUT2D eigenvalue weighted by atomic mass is 10.0. The summed E-state index contributed by atoms with van der Waals surface area (Å²) in [5, 5.41) is 15.2. The van der Waals surface area contributed by atoms with E-state index in [1.54, 1.807) is 12.1 Å². The normalized spacial score (nSPS) is 12.3. The number of aromatic nitrogens is 1. The third-order valence-corrected chi connectivity index (χ3v) is 2.82. The van der Waals surface area contributed by atoms with Gasteiger partial charge in [0.2, 0.25) is 5.76 Å². The molecule has 21 heavy (non-hydrogen) atoms. The van der Waals surface area contributed by atoms with Gasteiger partial charge >= 0.3 is 5.97 Å². The summed E-state index contributed by atoms with van der Waals surface area (Å²) < 4.78 is 10.1. The Morgan fingerprint density at radius 3 is 2.71 bits per heavy atom. The van der Waals surface area contributed by atoms with Crippen LogP contribution in [0.25, 0.3) is 11.5 Å². The van der Waals surface area contributed by atoms with Gasteiger partial charge in [-0.05, 0) is 24.5 Å². The highest BCUT2D eigenvalue weighted by atomic mass is 16.5. The second-order valence-electron chi connectivity index (χ2n) is 5.05. The van der Waals surface area contributed by atoms with Crippen LogP contribution in [0.2, 0.25) is 0 Å². The summed E-state index contributed by atoms with van der Waals surface area (Å²) in [5.74, 6) is -0.779. The highest BCUT2D eigenvalue weighted by molar-refractivity contribution is 5.95. The maximum Gasteiger partial charge on any atom is 0.326 e. The molecule has 112 valence electrons. The van der Waals surface area contributed by atoms with Crippen LogP contribution in [0.15, 0.2) is 33.4 Å². The Morgan fingerprint density at radius 1 is 1.38 bits per heavy atom. The van der Waals surface area contributed by atoms with Gasteiger partial charge in [0.1, 0.15) is 6.04 Å². The lowest BCUT2D eigenvalue weighted by Crippen LogP contribution is -2.41. The molecular formula is C14H16N2O5. The fourth-order valence-corrected chi connectivity index (χ4v) is 1.84. The zero-order valence-electron chi connectivity index (χ0n) is 11.7. The van der Waals surface area contributed by atoms with Gasteiger partial charge in [0.25, 0.3) is 5.91 Å². The lowest BCUT2D eigenvalue weighted by molar-refractivity contribution is -0.139. The van der Waals surface area contributed by atoms with Crippen LogP contribution in [0.3, 0.4) is 0 Å². The van der Waals surface area contributed by atoms with Gasteiger partial charge in [-0.2, -0.15) is 0 Å². The van der Waals surface area contributed by atoms with Gasteiger partial charge in [-0.1, -0.05) is 19.0 Å². The third-order valence-electron chi connectivity index (χ3n) is 2.82. The van der Waals surface area contributed by atoms with Crippen LogP contribution >= 0.6 is 0 Å². The molecule has 0 aliphatic carbocycles. The summed E-state index contributed by atoms with van der Waals surface area (Å²) in [7, 11) is 0. The summed E-state index contributed by atoms with van der Waals surface area (Å²) in [6.07, 6.45) is 1.81. The van der Waals surface area contributed by atoms with E-state index in [1.165, 1.54) is 12.3 Å². The van der Waals surface area contributed by atoms with Crippen LogP contribution in [-0.2, 0) is 4.79 Å². The minimum absolute atomic E-state index is 0.0106. The average molecular weight is 292 g/mol. The Bertz CT molecular complexity index is 615. The van der Waals surface area contributed by atoms with E-state index in [2.05, 4.69) is 10.5 Å². The van der Waals surface area contributed by atoms with Gasteiger partial charge in [0.15, 0.2) is 11.5 Å². The van der Waals surface area contributed by atoms with Crippen LogP contribution in [-0.4, -0.2) is 28.2 Å². The number of carboxylic acids is 1. The fraction of sp³-hybridized carbons (Fsp3) is 0.357. The predicted octanol–water partition coefficient (Wildman–Crippen LogP) is 2.16. The molecule has 0 bridgehead atoms. The Morgan fingerprint density at radius 2 is 2.14 bits per heavy atom. The van der Waals surface area contributed by atoms with E-state index in [1.807, 2.05) is 13.8 Å². The maximum absolute atomic E-state index is 12.0. The number of hydrogen-bond donors (Lipinski definition) is 2. The molecule has 0 saturated carbocycles. The van der Waals surface area contributed by atoms with Crippen molar-refractivity contribution in [3.8, 4) is 11.5 Å². The minimum Gasteiger partial charge on any atom is -0.480 e. The molecule has 1 atom stereocenters. The molecule has 2 aromatic rings. The van der Waals surface area contributed by atoms with Crippen LogP contribution in [0.5, 0.6) is 0 Å². The molecule has 7 heteroatoms. The van der Waals surface area contributed by atoms with Crippen LogP contribution < -0.4 is 5.32 Å². The van der Waals surface area contributed by atoms with E-state index >= 15 is 0 Å². The standard InChI is InChI=1S/C14H16N2O5/c1-8(2)6-10(14(18)19)15-13(17)9-7-12(21-16-9)11-4-3-5-20-11/h3-5,7-8,10H,6H2,1-2H3,(H,15,17)(H,18,19)/t10-/m0/s1. The van der Waals surface area contributed by atoms with Gasteiger partial charge in [-0.25, -0.2) is 4.79 Å². The quantitative estimate of drug-likeness (QED) is 0.845. The van der Waals surface area contributed by atoms with Crippen molar-refractivity contribution in [2.75, 3.05) is 0 Å². The number of carbonyl (C=O) groups is 2. The van der Waals surface area contributed by atoms with E-state index in [-0.39, 0.29) is 11.6 Å². The molecule has 7 nitrogen and oxygen atoms in total. The molecule has 0 radical (unpaired) electrons. The first kappa shape index (κ1) is 14.8. The van der Waals surface area contributed by atoms with Crippen molar-refractivity contribution < 1.29 is 23.6 Å². The van der Waals surface area contributed by atoms with E-state index in [0.29, 0.717) is 17.9 Å². The van der Waals surface area contributed by atoms with Gasteiger partial charge in [-0.15, -0.1) is 0 Å². The van der Waals surface area contributed by atoms with Gasteiger partial charge in [0.05, 0.1) is 6.26 Å².